The maximum Gasteiger partial charge on any atom is 0.330 e. The van der Waals surface area contributed by atoms with Crippen LogP contribution in [0.25, 0.3) is 0 Å². The molecule has 0 aromatic heterocycles. The summed E-state index contributed by atoms with van der Waals surface area (Å²) in [6, 6.07) is 8.65. The molecule has 0 aliphatic heterocycles. The molecule has 5 heteroatoms. The molecule has 16 heavy (non-hydrogen) atoms. The summed E-state index contributed by atoms with van der Waals surface area (Å²) in [4.78, 5) is 12.8. The number of carbonyl (C=O) groups is 1. The van der Waals surface area contributed by atoms with Gasteiger partial charge in [-0.05, 0) is 30.7 Å². The zero-order chi connectivity index (χ0) is 12.2. The van der Waals surface area contributed by atoms with Crippen molar-refractivity contribution in [3.05, 3.63) is 30.3 Å². The van der Waals surface area contributed by atoms with Gasteiger partial charge in [0.2, 0.25) is 5.91 Å². The highest BCUT2D eigenvalue weighted by molar-refractivity contribution is 6.23. The van der Waals surface area contributed by atoms with E-state index in [0.717, 1.165) is 0 Å². The highest BCUT2D eigenvalue weighted by Gasteiger charge is 2.31. The molecule has 0 heterocycles. The number of alkyl halides is 3. The van der Waals surface area contributed by atoms with Crippen LogP contribution >= 0.6 is 11.6 Å². The van der Waals surface area contributed by atoms with Gasteiger partial charge in [-0.25, -0.2) is 0 Å². The van der Waals surface area contributed by atoms with Crippen LogP contribution in [-0.2, 0) is 4.79 Å². The molecule has 0 saturated heterocycles. The molecule has 0 aliphatic carbocycles. The maximum absolute atomic E-state index is 12.5. The molecule has 88 valence electrons. The normalized spacial score (nSPS) is 11.2. The minimum atomic E-state index is -3.49. The van der Waals surface area contributed by atoms with Gasteiger partial charge in [-0.2, -0.15) is 8.78 Å². The second kappa shape index (κ2) is 5.25. The van der Waals surface area contributed by atoms with Crippen LogP contribution in [0.4, 0.5) is 14.5 Å². The SMILES string of the molecule is CCN(C(=O)CC(F)(F)Cl)c1ccccc1. The number of anilines is 1. The van der Waals surface area contributed by atoms with E-state index in [-0.39, 0.29) is 0 Å². The largest absolute Gasteiger partial charge is 0.330 e. The van der Waals surface area contributed by atoms with Crippen molar-refractivity contribution in [3.63, 3.8) is 0 Å². The first-order chi connectivity index (χ1) is 7.44. The van der Waals surface area contributed by atoms with Crippen LogP contribution in [-0.4, -0.2) is 17.8 Å². The quantitative estimate of drug-likeness (QED) is 0.748. The first-order valence-electron chi connectivity index (χ1n) is 4.86. The lowest BCUT2D eigenvalue weighted by atomic mass is 10.2. The third kappa shape index (κ3) is 3.77. The predicted octanol–water partition coefficient (Wildman–Crippen LogP) is 3.26. The van der Waals surface area contributed by atoms with Crippen LogP contribution in [0.3, 0.4) is 0 Å². The van der Waals surface area contributed by atoms with Crippen LogP contribution in [0.1, 0.15) is 13.3 Å². The molecular weight excluding hydrogens is 236 g/mol. The van der Waals surface area contributed by atoms with E-state index in [4.69, 9.17) is 11.6 Å². The summed E-state index contributed by atoms with van der Waals surface area (Å²) >= 11 is 4.74. The average molecular weight is 248 g/mol. The summed E-state index contributed by atoms with van der Waals surface area (Å²) in [6.45, 7) is 2.05. The van der Waals surface area contributed by atoms with Gasteiger partial charge >= 0.3 is 5.38 Å². The molecule has 0 spiro atoms. The van der Waals surface area contributed by atoms with Gasteiger partial charge in [0, 0.05) is 12.2 Å². The molecule has 1 amide bonds. The van der Waals surface area contributed by atoms with Crippen molar-refractivity contribution in [2.45, 2.75) is 18.7 Å². The molecule has 1 aromatic rings. The molecular formula is C11H12ClF2NO. The smallest absolute Gasteiger partial charge is 0.312 e. The average Bonchev–Trinajstić information content (AvgIpc) is 2.17. The topological polar surface area (TPSA) is 20.3 Å². The second-order valence-corrected chi connectivity index (χ2v) is 3.82. The molecule has 0 unspecified atom stereocenters. The van der Waals surface area contributed by atoms with E-state index in [1.807, 2.05) is 0 Å². The van der Waals surface area contributed by atoms with Crippen molar-refractivity contribution in [1.29, 1.82) is 0 Å². The Hall–Kier alpha value is -1.16. The first-order valence-corrected chi connectivity index (χ1v) is 5.24. The number of carbonyl (C=O) groups excluding carboxylic acids is 1. The van der Waals surface area contributed by atoms with Gasteiger partial charge in [0.05, 0.1) is 0 Å². The van der Waals surface area contributed by atoms with Gasteiger partial charge in [0.25, 0.3) is 0 Å². The van der Waals surface area contributed by atoms with Crippen molar-refractivity contribution in [1.82, 2.24) is 0 Å². The van der Waals surface area contributed by atoms with E-state index >= 15 is 0 Å². The first kappa shape index (κ1) is 12.9. The standard InChI is InChI=1S/C11H12ClF2NO/c1-2-15(9-6-4-3-5-7-9)10(16)8-11(12,13)14/h3-7H,2,8H2,1H3. The van der Waals surface area contributed by atoms with E-state index in [1.165, 1.54) is 4.90 Å². The number of amides is 1. The predicted molar refractivity (Wildman–Crippen MR) is 59.9 cm³/mol. The minimum absolute atomic E-state index is 0.329. The highest BCUT2D eigenvalue weighted by atomic mass is 35.5. The Morgan fingerprint density at radius 1 is 1.38 bits per heavy atom. The Kier molecular flexibility index (Phi) is 4.24. The van der Waals surface area contributed by atoms with Crippen molar-refractivity contribution >= 4 is 23.2 Å². The third-order valence-corrected chi connectivity index (χ3v) is 2.17. The lowest BCUT2D eigenvalue weighted by Crippen LogP contribution is -2.33. The van der Waals surface area contributed by atoms with Gasteiger partial charge in [0.1, 0.15) is 6.42 Å². The number of nitrogens with zero attached hydrogens (tertiary/aromatic N) is 1. The summed E-state index contributed by atoms with van der Waals surface area (Å²) in [7, 11) is 0. The van der Waals surface area contributed by atoms with Crippen molar-refractivity contribution in [2.75, 3.05) is 11.4 Å². The van der Waals surface area contributed by atoms with Gasteiger partial charge < -0.3 is 4.90 Å². The molecule has 0 fully saturated rings. The number of rotatable bonds is 4. The van der Waals surface area contributed by atoms with Gasteiger partial charge in [-0.3, -0.25) is 4.79 Å². The van der Waals surface area contributed by atoms with E-state index < -0.39 is 17.7 Å². The van der Waals surface area contributed by atoms with E-state index in [1.54, 1.807) is 37.3 Å². The summed E-state index contributed by atoms with van der Waals surface area (Å²) in [6.07, 6.45) is -0.989. The molecule has 1 aromatic carbocycles. The Morgan fingerprint density at radius 3 is 2.38 bits per heavy atom. The fraction of sp³-hybridized carbons (Fsp3) is 0.364. The number of benzene rings is 1. The number of hydrogen-bond donors (Lipinski definition) is 0. The van der Waals surface area contributed by atoms with Crippen LogP contribution in [0, 0.1) is 0 Å². The Labute approximate surface area is 97.8 Å². The maximum atomic E-state index is 12.5. The number of hydrogen-bond acceptors (Lipinski definition) is 1. The molecule has 1 rings (SSSR count). The minimum Gasteiger partial charge on any atom is -0.312 e. The van der Waals surface area contributed by atoms with E-state index in [0.29, 0.717) is 12.2 Å². The zero-order valence-electron chi connectivity index (χ0n) is 8.79. The summed E-state index contributed by atoms with van der Waals surface area (Å²) < 4.78 is 25.0. The molecule has 0 aliphatic rings. The molecule has 0 atom stereocenters. The lowest BCUT2D eigenvalue weighted by Gasteiger charge is -2.22. The Morgan fingerprint density at radius 2 is 1.94 bits per heavy atom. The van der Waals surface area contributed by atoms with Crippen molar-refractivity contribution in [2.24, 2.45) is 0 Å². The third-order valence-electron chi connectivity index (χ3n) is 2.04. The van der Waals surface area contributed by atoms with E-state index in [9.17, 15) is 13.6 Å². The molecule has 0 bridgehead atoms. The Bertz CT molecular complexity index is 351. The molecule has 0 radical (unpaired) electrons. The number of halogens is 3. The van der Waals surface area contributed by atoms with Gasteiger partial charge in [-0.15, -0.1) is 0 Å². The van der Waals surface area contributed by atoms with Gasteiger partial charge in [0.15, 0.2) is 0 Å². The fourth-order valence-electron chi connectivity index (χ4n) is 1.38. The van der Waals surface area contributed by atoms with Gasteiger partial charge in [-0.1, -0.05) is 18.2 Å². The Balaban J connectivity index is 2.80. The molecule has 0 saturated carbocycles. The number of para-hydroxylation sites is 1. The zero-order valence-corrected chi connectivity index (χ0v) is 9.55. The van der Waals surface area contributed by atoms with Crippen molar-refractivity contribution in [3.8, 4) is 0 Å². The van der Waals surface area contributed by atoms with E-state index in [2.05, 4.69) is 0 Å². The fourth-order valence-corrected chi connectivity index (χ4v) is 1.49. The molecule has 0 N–H and O–H groups in total. The molecule has 2 nitrogen and oxygen atoms in total. The highest BCUT2D eigenvalue weighted by Crippen LogP contribution is 2.25. The van der Waals surface area contributed by atoms with Crippen LogP contribution < -0.4 is 4.90 Å². The summed E-state index contributed by atoms with van der Waals surface area (Å²) in [5.41, 5.74) is 0.593. The van der Waals surface area contributed by atoms with Crippen molar-refractivity contribution < 1.29 is 13.6 Å². The summed E-state index contributed by atoms with van der Waals surface area (Å²) in [5, 5.41) is -3.49. The second-order valence-electron chi connectivity index (χ2n) is 3.27. The van der Waals surface area contributed by atoms with Crippen LogP contribution in [0.2, 0.25) is 0 Å². The monoisotopic (exact) mass is 247 g/mol. The van der Waals surface area contributed by atoms with Crippen LogP contribution in [0.5, 0.6) is 0 Å². The summed E-state index contributed by atoms with van der Waals surface area (Å²) in [5.74, 6) is -0.686. The van der Waals surface area contributed by atoms with Crippen LogP contribution in [0.15, 0.2) is 30.3 Å². The lowest BCUT2D eigenvalue weighted by molar-refractivity contribution is -0.122.